The molecule has 0 spiro atoms. The number of carboxylic acid groups (broad SMARTS) is 1. The molecule has 1 aliphatic rings. The second kappa shape index (κ2) is 11.0. The van der Waals surface area contributed by atoms with Gasteiger partial charge in [-0.3, -0.25) is 4.79 Å². The van der Waals surface area contributed by atoms with Crippen LogP contribution in [0.15, 0.2) is 36.4 Å². The van der Waals surface area contributed by atoms with Gasteiger partial charge in [0.1, 0.15) is 5.54 Å². The van der Waals surface area contributed by atoms with Crippen molar-refractivity contribution in [3.05, 3.63) is 69.8 Å². The topological polar surface area (TPSA) is 86.6 Å². The Morgan fingerprint density at radius 3 is 2.00 bits per heavy atom. The van der Waals surface area contributed by atoms with Crippen LogP contribution in [0.2, 0.25) is 0 Å². The van der Waals surface area contributed by atoms with Gasteiger partial charge in [-0.1, -0.05) is 63.9 Å². The van der Waals surface area contributed by atoms with Crippen LogP contribution in [0.1, 0.15) is 111 Å². The first-order valence-electron chi connectivity index (χ1n) is 13.8. The summed E-state index contributed by atoms with van der Waals surface area (Å²) in [6.07, 6.45) is 6.74. The lowest BCUT2D eigenvalue weighted by Crippen LogP contribution is -2.49. The van der Waals surface area contributed by atoms with E-state index in [2.05, 4.69) is 57.3 Å². The summed E-state index contributed by atoms with van der Waals surface area (Å²) in [5.41, 5.74) is 4.20. The molecule has 1 amide bonds. The van der Waals surface area contributed by atoms with E-state index in [9.17, 15) is 19.8 Å². The zero-order chi connectivity index (χ0) is 27.6. The summed E-state index contributed by atoms with van der Waals surface area (Å²) in [5, 5.41) is 23.0. The molecule has 1 aliphatic carbocycles. The average Bonchev–Trinajstić information content (AvgIpc) is 3.29. The highest BCUT2D eigenvalue weighted by molar-refractivity contribution is 5.98. The summed E-state index contributed by atoms with van der Waals surface area (Å²) in [5.74, 6) is -1.22. The van der Waals surface area contributed by atoms with Crippen molar-refractivity contribution >= 4 is 11.9 Å². The highest BCUT2D eigenvalue weighted by Gasteiger charge is 2.37. The predicted octanol–water partition coefficient (Wildman–Crippen LogP) is 6.49. The van der Waals surface area contributed by atoms with Gasteiger partial charge in [-0.15, -0.1) is 0 Å². The largest absolute Gasteiger partial charge is 0.480 e. The fraction of sp³-hybridized carbons (Fsp3) is 0.562. The van der Waals surface area contributed by atoms with Gasteiger partial charge in [-0.2, -0.15) is 0 Å². The van der Waals surface area contributed by atoms with Crippen LogP contribution in [0.3, 0.4) is 0 Å². The number of nitrogens with one attached hydrogen (secondary N) is 1. The maximum absolute atomic E-state index is 12.9. The number of hydrogen-bond acceptors (Lipinski definition) is 3. The second-order valence-electron chi connectivity index (χ2n) is 11.8. The first-order valence-corrected chi connectivity index (χ1v) is 13.8. The molecule has 2 aromatic carbocycles. The number of benzene rings is 2. The molecule has 1 saturated carbocycles. The minimum atomic E-state index is -1.34. The van der Waals surface area contributed by atoms with E-state index in [1.54, 1.807) is 0 Å². The molecular weight excluding hydrogens is 462 g/mol. The molecule has 37 heavy (non-hydrogen) atoms. The Hall–Kier alpha value is -2.66. The fourth-order valence-corrected chi connectivity index (χ4v) is 6.08. The molecule has 0 bridgehead atoms. The van der Waals surface area contributed by atoms with Gasteiger partial charge in [0, 0.05) is 11.0 Å². The maximum atomic E-state index is 12.9. The van der Waals surface area contributed by atoms with Crippen molar-refractivity contribution in [2.24, 2.45) is 5.92 Å². The zero-order valence-corrected chi connectivity index (χ0v) is 23.7. The van der Waals surface area contributed by atoms with Gasteiger partial charge in [0.25, 0.3) is 5.91 Å². The van der Waals surface area contributed by atoms with Crippen LogP contribution in [0, 0.1) is 19.8 Å². The lowest BCUT2D eigenvalue weighted by molar-refractivity contribution is -0.143. The molecule has 3 N–H and O–H groups in total. The summed E-state index contributed by atoms with van der Waals surface area (Å²) in [7, 11) is 0. The lowest BCUT2D eigenvalue weighted by atomic mass is 9.69. The Bertz CT molecular complexity index is 1140. The zero-order valence-electron chi connectivity index (χ0n) is 23.7. The van der Waals surface area contributed by atoms with E-state index in [4.69, 9.17) is 0 Å². The third-order valence-electron chi connectivity index (χ3n) is 9.00. The molecule has 0 radical (unpaired) electrons. The normalized spacial score (nSPS) is 16.4. The van der Waals surface area contributed by atoms with Crippen molar-refractivity contribution in [2.75, 3.05) is 0 Å². The molecule has 2 aromatic rings. The van der Waals surface area contributed by atoms with Crippen molar-refractivity contribution in [1.82, 2.24) is 5.32 Å². The van der Waals surface area contributed by atoms with Crippen LogP contribution in [-0.4, -0.2) is 33.2 Å². The second-order valence-corrected chi connectivity index (χ2v) is 11.8. The van der Waals surface area contributed by atoms with Crippen LogP contribution in [0.25, 0.3) is 0 Å². The molecule has 5 nitrogen and oxygen atoms in total. The number of carboxylic acids is 1. The molecule has 202 valence electrons. The Morgan fingerprint density at radius 1 is 0.973 bits per heavy atom. The molecule has 1 unspecified atom stereocenters. The molecular formula is C32H45NO4. The van der Waals surface area contributed by atoms with Crippen molar-refractivity contribution in [1.29, 1.82) is 0 Å². The average molecular weight is 508 g/mol. The van der Waals surface area contributed by atoms with Gasteiger partial charge in [0.15, 0.2) is 0 Å². The van der Waals surface area contributed by atoms with Gasteiger partial charge in [-0.25, -0.2) is 4.79 Å². The maximum Gasteiger partial charge on any atom is 0.328 e. The van der Waals surface area contributed by atoms with Crippen LogP contribution in [0.4, 0.5) is 0 Å². The van der Waals surface area contributed by atoms with E-state index < -0.39 is 17.1 Å². The Kier molecular flexibility index (Phi) is 8.58. The molecule has 0 heterocycles. The molecule has 0 saturated heterocycles. The van der Waals surface area contributed by atoms with E-state index in [1.807, 2.05) is 19.1 Å². The van der Waals surface area contributed by atoms with Crippen molar-refractivity contribution in [3.8, 4) is 0 Å². The standard InChI is InChI=1S/C32H45NO4/c1-8-31(9-2,26-14-15-27(22(4)19-26)28(34)33-30(6,7)29(35)36)25-13-12-24(21(3)18-25)20-23(5)32(37)16-10-11-17-32/h12-15,18-19,23,37H,8-11,16-17,20H2,1-7H3,(H,33,34)(H,35,36). The summed E-state index contributed by atoms with van der Waals surface area (Å²) in [4.78, 5) is 24.3. The molecule has 3 rings (SSSR count). The van der Waals surface area contributed by atoms with Gasteiger partial charge in [-0.05, 0) is 99.6 Å². The molecule has 5 heteroatoms. The Labute approximate surface area is 222 Å². The Morgan fingerprint density at radius 2 is 1.51 bits per heavy atom. The van der Waals surface area contributed by atoms with E-state index in [-0.39, 0.29) is 17.2 Å². The number of aliphatic carboxylic acids is 1. The minimum Gasteiger partial charge on any atom is -0.480 e. The number of aliphatic hydroxyl groups is 1. The van der Waals surface area contributed by atoms with Crippen molar-refractivity contribution in [3.63, 3.8) is 0 Å². The number of carbonyl (C=O) groups is 2. The number of hydrogen-bond donors (Lipinski definition) is 3. The predicted molar refractivity (Wildman–Crippen MR) is 149 cm³/mol. The number of carbonyl (C=O) groups excluding carboxylic acids is 1. The van der Waals surface area contributed by atoms with Crippen molar-refractivity contribution in [2.45, 2.75) is 110 Å². The third-order valence-corrected chi connectivity index (χ3v) is 9.00. The lowest BCUT2D eigenvalue weighted by Gasteiger charge is -2.35. The fourth-order valence-electron chi connectivity index (χ4n) is 6.08. The first-order chi connectivity index (χ1) is 17.3. The van der Waals surface area contributed by atoms with E-state index in [0.717, 1.165) is 56.1 Å². The van der Waals surface area contributed by atoms with Gasteiger partial charge in [0.05, 0.1) is 5.60 Å². The van der Waals surface area contributed by atoms with Gasteiger partial charge < -0.3 is 15.5 Å². The summed E-state index contributed by atoms with van der Waals surface area (Å²) in [6, 6.07) is 12.7. The van der Waals surface area contributed by atoms with E-state index >= 15 is 0 Å². The number of aryl methyl sites for hydroxylation is 2. The smallest absolute Gasteiger partial charge is 0.328 e. The number of amides is 1. The number of rotatable bonds is 10. The quantitative estimate of drug-likeness (QED) is 0.343. The summed E-state index contributed by atoms with van der Waals surface area (Å²) in [6.45, 7) is 13.6. The monoisotopic (exact) mass is 507 g/mol. The minimum absolute atomic E-state index is 0.196. The van der Waals surface area contributed by atoms with Crippen LogP contribution >= 0.6 is 0 Å². The van der Waals surface area contributed by atoms with Crippen molar-refractivity contribution < 1.29 is 19.8 Å². The van der Waals surface area contributed by atoms with Gasteiger partial charge in [0.2, 0.25) is 0 Å². The summed E-state index contributed by atoms with van der Waals surface area (Å²) >= 11 is 0. The Balaban J connectivity index is 1.91. The third kappa shape index (κ3) is 5.77. The highest BCUT2D eigenvalue weighted by Crippen LogP contribution is 2.41. The molecule has 1 fully saturated rings. The highest BCUT2D eigenvalue weighted by atomic mass is 16.4. The van der Waals surface area contributed by atoms with E-state index in [1.165, 1.54) is 30.5 Å². The van der Waals surface area contributed by atoms with E-state index in [0.29, 0.717) is 5.56 Å². The first kappa shape index (κ1) is 28.9. The summed E-state index contributed by atoms with van der Waals surface area (Å²) < 4.78 is 0. The molecule has 0 aromatic heterocycles. The van der Waals surface area contributed by atoms with Crippen LogP contribution in [-0.2, 0) is 16.6 Å². The van der Waals surface area contributed by atoms with Crippen LogP contribution < -0.4 is 5.32 Å². The molecule has 0 aliphatic heterocycles. The SMILES string of the molecule is CCC(CC)(c1ccc(CC(C)C2(O)CCCC2)c(C)c1)c1ccc(C(=O)NC(C)(C)C(=O)O)c(C)c1. The van der Waals surface area contributed by atoms with Crippen LogP contribution in [0.5, 0.6) is 0 Å². The molecule has 1 atom stereocenters. The van der Waals surface area contributed by atoms with Gasteiger partial charge >= 0.3 is 5.97 Å².